The zero-order chi connectivity index (χ0) is 16.6. The second-order valence-electron chi connectivity index (χ2n) is 5.67. The monoisotopic (exact) mass is 380 g/mol. The van der Waals surface area contributed by atoms with Gasteiger partial charge in [0.15, 0.2) is 0 Å². The molecule has 9 heteroatoms. The van der Waals surface area contributed by atoms with Crippen molar-refractivity contribution in [1.82, 2.24) is 9.99 Å². The van der Waals surface area contributed by atoms with Crippen LogP contribution in [-0.4, -0.2) is 29.1 Å². The van der Waals surface area contributed by atoms with Crippen molar-refractivity contribution < 1.29 is 13.2 Å². The third-order valence-electron chi connectivity index (χ3n) is 3.80. The summed E-state index contributed by atoms with van der Waals surface area (Å²) in [7, 11) is 0. The Hall–Kier alpha value is -1.28. The van der Waals surface area contributed by atoms with E-state index in [1.54, 1.807) is 6.07 Å². The minimum Gasteiger partial charge on any atom is -0.326 e. The average molecular weight is 381 g/mol. The number of aromatic nitrogens is 1. The fraction of sp³-hybridized carbons (Fsp3) is 0.400. The molecule has 2 heterocycles. The zero-order valence-corrected chi connectivity index (χ0v) is 14.2. The molecule has 0 spiro atoms. The second kappa shape index (κ2) is 7.31. The molecule has 0 bridgehead atoms. The van der Waals surface area contributed by atoms with Crippen molar-refractivity contribution in [3.8, 4) is 0 Å². The predicted molar refractivity (Wildman–Crippen MR) is 91.4 cm³/mol. The summed E-state index contributed by atoms with van der Waals surface area (Å²) in [6.07, 6.45) is -2.71. The van der Waals surface area contributed by atoms with Crippen LogP contribution in [0.4, 0.5) is 18.9 Å². The van der Waals surface area contributed by atoms with Gasteiger partial charge in [0, 0.05) is 29.5 Å². The number of pyridine rings is 1. The Morgan fingerprint density at radius 3 is 2.71 bits per heavy atom. The first-order valence-electron chi connectivity index (χ1n) is 7.27. The molecule has 4 nitrogen and oxygen atoms in total. The lowest BCUT2D eigenvalue weighted by molar-refractivity contribution is -0.140. The van der Waals surface area contributed by atoms with Crippen molar-refractivity contribution in [2.75, 3.05) is 18.5 Å². The maximum atomic E-state index is 13.1. The Balaban J connectivity index is 0.00000208. The molecular formula is C15H17Cl2F3N4. The number of anilines is 1. The maximum absolute atomic E-state index is 13.1. The van der Waals surface area contributed by atoms with E-state index in [2.05, 4.69) is 10.4 Å². The van der Waals surface area contributed by atoms with Gasteiger partial charge in [-0.1, -0.05) is 11.6 Å². The summed E-state index contributed by atoms with van der Waals surface area (Å²) in [6, 6.07) is 5.64. The van der Waals surface area contributed by atoms with Gasteiger partial charge >= 0.3 is 6.18 Å². The number of fused-ring (bicyclic) bond motifs is 1. The lowest BCUT2D eigenvalue weighted by Crippen LogP contribution is -2.45. The number of hydrazine groups is 1. The fourth-order valence-electron chi connectivity index (χ4n) is 2.72. The number of nitrogens with one attached hydrogen (secondary N) is 1. The third kappa shape index (κ3) is 4.22. The molecule has 3 rings (SSSR count). The van der Waals surface area contributed by atoms with Crippen LogP contribution in [0.5, 0.6) is 0 Å². The average Bonchev–Trinajstić information content (AvgIpc) is 2.46. The molecular weight excluding hydrogens is 364 g/mol. The van der Waals surface area contributed by atoms with E-state index in [-0.39, 0.29) is 24.0 Å². The van der Waals surface area contributed by atoms with Crippen LogP contribution in [0, 0.1) is 0 Å². The summed E-state index contributed by atoms with van der Waals surface area (Å²) in [5.74, 6) is 0. The highest BCUT2D eigenvalue weighted by atomic mass is 35.5. The number of nitrogens with two attached hydrogens (primary N) is 1. The number of rotatable bonds is 2. The van der Waals surface area contributed by atoms with Gasteiger partial charge in [-0.25, -0.2) is 9.99 Å². The molecule has 0 unspecified atom stereocenters. The standard InChI is InChI=1S/C15H16ClF3N4.ClH/c16-9-3-4-12-11(6-9)13(7-14(21-12)15(17,18)19)22-23-5-1-2-10(20)8-23;/h3-4,6-7,10H,1-2,5,8,20H2,(H,21,22);1H/t10-;/m1./s1. The van der Waals surface area contributed by atoms with E-state index < -0.39 is 11.9 Å². The Morgan fingerprint density at radius 2 is 2.04 bits per heavy atom. The van der Waals surface area contributed by atoms with E-state index in [0.717, 1.165) is 25.5 Å². The van der Waals surface area contributed by atoms with Gasteiger partial charge in [0.1, 0.15) is 5.69 Å². The van der Waals surface area contributed by atoms with E-state index in [1.807, 2.05) is 5.01 Å². The zero-order valence-electron chi connectivity index (χ0n) is 12.6. The topological polar surface area (TPSA) is 54.2 Å². The Kier molecular flexibility index (Phi) is 5.80. The van der Waals surface area contributed by atoms with Gasteiger partial charge in [0.25, 0.3) is 0 Å². The Morgan fingerprint density at radius 1 is 1.29 bits per heavy atom. The number of alkyl halides is 3. The molecule has 0 amide bonds. The number of halogens is 5. The molecule has 1 fully saturated rings. The van der Waals surface area contributed by atoms with Gasteiger partial charge in [0.05, 0.1) is 11.2 Å². The van der Waals surface area contributed by atoms with Crippen LogP contribution in [0.1, 0.15) is 18.5 Å². The highest BCUT2D eigenvalue weighted by molar-refractivity contribution is 6.31. The van der Waals surface area contributed by atoms with Crippen molar-refractivity contribution in [3.05, 3.63) is 35.0 Å². The molecule has 1 aromatic carbocycles. The third-order valence-corrected chi connectivity index (χ3v) is 4.03. The maximum Gasteiger partial charge on any atom is 0.433 e. The van der Waals surface area contributed by atoms with Crippen LogP contribution in [0.25, 0.3) is 10.9 Å². The number of hydrogen-bond acceptors (Lipinski definition) is 4. The van der Waals surface area contributed by atoms with Crippen molar-refractivity contribution in [2.24, 2.45) is 5.73 Å². The van der Waals surface area contributed by atoms with Crippen molar-refractivity contribution >= 4 is 40.6 Å². The molecule has 0 aliphatic carbocycles. The molecule has 24 heavy (non-hydrogen) atoms. The van der Waals surface area contributed by atoms with Crippen LogP contribution < -0.4 is 11.2 Å². The lowest BCUT2D eigenvalue weighted by Gasteiger charge is -2.32. The Labute approximate surface area is 148 Å². The summed E-state index contributed by atoms with van der Waals surface area (Å²) < 4.78 is 39.2. The molecule has 0 radical (unpaired) electrons. The van der Waals surface area contributed by atoms with Gasteiger partial charge in [-0.2, -0.15) is 13.2 Å². The number of nitrogens with zero attached hydrogens (tertiary/aromatic N) is 2. The summed E-state index contributed by atoms with van der Waals surface area (Å²) in [4.78, 5) is 3.69. The quantitative estimate of drug-likeness (QED) is 0.823. The summed E-state index contributed by atoms with van der Waals surface area (Å²) in [5.41, 5.74) is 8.61. The molecule has 1 aliphatic rings. The van der Waals surface area contributed by atoms with Gasteiger partial charge in [0.2, 0.25) is 0 Å². The normalized spacial score (nSPS) is 19.1. The summed E-state index contributed by atoms with van der Waals surface area (Å²) in [5, 5.41) is 2.83. The molecule has 3 N–H and O–H groups in total. The number of piperidine rings is 1. The number of benzene rings is 1. The van der Waals surface area contributed by atoms with E-state index in [4.69, 9.17) is 17.3 Å². The molecule has 1 saturated heterocycles. The minimum absolute atomic E-state index is 0. The smallest absolute Gasteiger partial charge is 0.326 e. The van der Waals surface area contributed by atoms with Crippen molar-refractivity contribution in [3.63, 3.8) is 0 Å². The number of hydrogen-bond donors (Lipinski definition) is 2. The van der Waals surface area contributed by atoms with Gasteiger partial charge < -0.3 is 11.2 Å². The first kappa shape index (κ1) is 19.1. The van der Waals surface area contributed by atoms with Gasteiger partial charge in [-0.05, 0) is 37.1 Å². The second-order valence-corrected chi connectivity index (χ2v) is 6.11. The van der Waals surface area contributed by atoms with Crippen molar-refractivity contribution in [2.45, 2.75) is 25.1 Å². The minimum atomic E-state index is -4.51. The molecule has 1 atom stereocenters. The molecule has 132 valence electrons. The van der Waals surface area contributed by atoms with E-state index in [0.29, 0.717) is 22.6 Å². The highest BCUT2D eigenvalue weighted by Gasteiger charge is 2.33. The van der Waals surface area contributed by atoms with Gasteiger partial charge in [-0.3, -0.25) is 0 Å². The fourth-order valence-corrected chi connectivity index (χ4v) is 2.89. The first-order valence-corrected chi connectivity index (χ1v) is 7.65. The predicted octanol–water partition coefficient (Wildman–Crippen LogP) is 4.08. The van der Waals surface area contributed by atoms with Crippen LogP contribution >= 0.6 is 24.0 Å². The van der Waals surface area contributed by atoms with Crippen molar-refractivity contribution in [1.29, 1.82) is 0 Å². The van der Waals surface area contributed by atoms with Crippen LogP contribution in [-0.2, 0) is 6.18 Å². The SMILES string of the molecule is Cl.N[C@@H]1CCCN(Nc2cc(C(F)(F)F)nc3ccc(Cl)cc23)C1. The Bertz CT molecular complexity index is 724. The van der Waals surface area contributed by atoms with Crippen LogP contribution in [0.15, 0.2) is 24.3 Å². The summed E-state index contributed by atoms with van der Waals surface area (Å²) in [6.45, 7) is 1.30. The van der Waals surface area contributed by atoms with Crippen LogP contribution in [0.3, 0.4) is 0 Å². The van der Waals surface area contributed by atoms with E-state index in [1.165, 1.54) is 12.1 Å². The van der Waals surface area contributed by atoms with Gasteiger partial charge in [-0.15, -0.1) is 12.4 Å². The molecule has 1 aliphatic heterocycles. The largest absolute Gasteiger partial charge is 0.433 e. The lowest BCUT2D eigenvalue weighted by atomic mass is 10.1. The van der Waals surface area contributed by atoms with E-state index >= 15 is 0 Å². The molecule has 0 saturated carbocycles. The first-order chi connectivity index (χ1) is 10.8. The highest BCUT2D eigenvalue weighted by Crippen LogP contribution is 2.34. The van der Waals surface area contributed by atoms with E-state index in [9.17, 15) is 13.2 Å². The molecule has 2 aromatic rings. The van der Waals surface area contributed by atoms with Crippen LogP contribution in [0.2, 0.25) is 5.02 Å². The molecule has 1 aromatic heterocycles. The summed E-state index contributed by atoms with van der Waals surface area (Å²) >= 11 is 5.97.